The molecule has 22 heavy (non-hydrogen) atoms. The van der Waals surface area contributed by atoms with Crippen LogP contribution in [0.25, 0.3) is 0 Å². The molecular weight excluding hydrogens is 288 g/mol. The summed E-state index contributed by atoms with van der Waals surface area (Å²) in [6, 6.07) is 0. The van der Waals surface area contributed by atoms with Gasteiger partial charge in [0.1, 0.15) is 24.4 Å². The number of rotatable bonds is 4. The highest BCUT2D eigenvalue weighted by atomic mass is 16.7. The number of aliphatic hydroxyl groups excluding tert-OH is 4. The second-order valence-corrected chi connectivity index (χ2v) is 4.47. The Balaban J connectivity index is 2.42. The SMILES string of the molecule is C/C=C\C#CC#C/C=C/CO[C@@H]1O[C@H](CO)[C@@H](O)[C@H](O)[C@H]1O. The van der Waals surface area contributed by atoms with Crippen LogP contribution < -0.4 is 0 Å². The molecule has 0 unspecified atom stereocenters. The molecule has 6 nitrogen and oxygen atoms in total. The summed E-state index contributed by atoms with van der Waals surface area (Å²) in [4.78, 5) is 0. The molecule has 1 aliphatic heterocycles. The van der Waals surface area contributed by atoms with E-state index in [9.17, 15) is 15.3 Å². The van der Waals surface area contributed by atoms with Crippen LogP contribution >= 0.6 is 0 Å². The van der Waals surface area contributed by atoms with Crippen LogP contribution in [-0.2, 0) is 9.47 Å². The van der Waals surface area contributed by atoms with Gasteiger partial charge in [-0.25, -0.2) is 0 Å². The molecule has 0 spiro atoms. The molecule has 0 aromatic rings. The third-order valence-corrected chi connectivity index (χ3v) is 2.86. The van der Waals surface area contributed by atoms with Crippen molar-refractivity contribution in [2.24, 2.45) is 0 Å². The van der Waals surface area contributed by atoms with E-state index in [0.717, 1.165) is 0 Å². The molecular formula is C16H20O6. The quantitative estimate of drug-likeness (QED) is 0.494. The first kappa shape index (κ1) is 18.4. The van der Waals surface area contributed by atoms with Crippen LogP contribution in [0.15, 0.2) is 24.3 Å². The maximum atomic E-state index is 9.73. The molecule has 0 amide bonds. The molecule has 0 aromatic carbocycles. The lowest BCUT2D eigenvalue weighted by molar-refractivity contribution is -0.298. The molecule has 0 saturated carbocycles. The topological polar surface area (TPSA) is 99.4 Å². The molecule has 1 rings (SSSR count). The van der Waals surface area contributed by atoms with Gasteiger partial charge in [-0.3, -0.25) is 0 Å². The van der Waals surface area contributed by atoms with E-state index in [1.807, 2.05) is 6.92 Å². The van der Waals surface area contributed by atoms with Crippen LogP contribution in [0, 0.1) is 23.7 Å². The number of ether oxygens (including phenoxy) is 2. The predicted molar refractivity (Wildman–Crippen MR) is 79.2 cm³/mol. The van der Waals surface area contributed by atoms with E-state index in [2.05, 4.69) is 23.7 Å². The van der Waals surface area contributed by atoms with Crippen molar-refractivity contribution in [1.82, 2.24) is 0 Å². The fourth-order valence-electron chi connectivity index (χ4n) is 1.70. The van der Waals surface area contributed by atoms with E-state index in [1.165, 1.54) is 6.08 Å². The highest BCUT2D eigenvalue weighted by molar-refractivity contribution is 5.33. The molecule has 4 N–H and O–H groups in total. The third kappa shape index (κ3) is 5.63. The molecule has 5 atom stereocenters. The minimum Gasteiger partial charge on any atom is -0.394 e. The number of hydrogen-bond donors (Lipinski definition) is 4. The minimum atomic E-state index is -1.44. The van der Waals surface area contributed by atoms with E-state index < -0.39 is 37.3 Å². The zero-order chi connectivity index (χ0) is 16.4. The van der Waals surface area contributed by atoms with Gasteiger partial charge in [0, 0.05) is 0 Å². The highest BCUT2D eigenvalue weighted by Crippen LogP contribution is 2.21. The summed E-state index contributed by atoms with van der Waals surface area (Å²) in [5.41, 5.74) is 0. The van der Waals surface area contributed by atoms with E-state index in [1.54, 1.807) is 18.2 Å². The van der Waals surface area contributed by atoms with Gasteiger partial charge in [0.25, 0.3) is 0 Å². The maximum absolute atomic E-state index is 9.73. The molecule has 1 fully saturated rings. The van der Waals surface area contributed by atoms with Crippen LogP contribution in [-0.4, -0.2) is 64.3 Å². The fourth-order valence-corrected chi connectivity index (χ4v) is 1.70. The molecule has 0 aliphatic carbocycles. The Hall–Kier alpha value is -1.64. The number of allylic oxidation sites excluding steroid dienone is 3. The Morgan fingerprint density at radius 2 is 1.73 bits per heavy atom. The summed E-state index contributed by atoms with van der Waals surface area (Å²) in [7, 11) is 0. The van der Waals surface area contributed by atoms with E-state index >= 15 is 0 Å². The molecule has 1 aliphatic rings. The van der Waals surface area contributed by atoms with E-state index in [-0.39, 0.29) is 6.61 Å². The Morgan fingerprint density at radius 1 is 1.05 bits per heavy atom. The average Bonchev–Trinajstić information content (AvgIpc) is 2.53. The largest absolute Gasteiger partial charge is 0.394 e. The van der Waals surface area contributed by atoms with Crippen molar-refractivity contribution in [3.05, 3.63) is 24.3 Å². The standard InChI is InChI=1S/C16H20O6/c1-2-3-4-5-6-7-8-9-10-21-16-15(20)14(19)13(18)12(11-17)22-16/h2-3,8-9,12-20H,10-11H2,1H3/b3-2-,9-8+/t12-,13-,14+,15-,16-/m1/s1. The van der Waals surface area contributed by atoms with Crippen molar-refractivity contribution in [1.29, 1.82) is 0 Å². The first-order valence-electron chi connectivity index (χ1n) is 6.81. The Bertz CT molecular complexity index is 502. The third-order valence-electron chi connectivity index (χ3n) is 2.86. The Kier molecular flexibility index (Phi) is 8.49. The monoisotopic (exact) mass is 308 g/mol. The molecule has 6 heteroatoms. The lowest BCUT2D eigenvalue weighted by Gasteiger charge is -2.39. The second kappa shape index (κ2) is 10.1. The van der Waals surface area contributed by atoms with E-state index in [4.69, 9.17) is 14.6 Å². The smallest absolute Gasteiger partial charge is 0.187 e. The molecule has 0 bridgehead atoms. The molecule has 1 heterocycles. The summed E-state index contributed by atoms with van der Waals surface area (Å²) < 4.78 is 10.4. The molecule has 0 radical (unpaired) electrons. The van der Waals surface area contributed by atoms with Crippen molar-refractivity contribution in [3.63, 3.8) is 0 Å². The first-order chi connectivity index (χ1) is 10.6. The summed E-state index contributed by atoms with van der Waals surface area (Å²) in [5, 5.41) is 37.9. The van der Waals surface area contributed by atoms with E-state index in [0.29, 0.717) is 0 Å². The van der Waals surface area contributed by atoms with Crippen LogP contribution in [0.3, 0.4) is 0 Å². The average molecular weight is 308 g/mol. The van der Waals surface area contributed by atoms with Gasteiger partial charge in [-0.05, 0) is 30.9 Å². The lowest BCUT2D eigenvalue weighted by atomic mass is 9.99. The molecule has 0 aromatic heterocycles. The number of hydrogen-bond acceptors (Lipinski definition) is 6. The summed E-state index contributed by atoms with van der Waals surface area (Å²) >= 11 is 0. The highest BCUT2D eigenvalue weighted by Gasteiger charge is 2.43. The summed E-state index contributed by atoms with van der Waals surface area (Å²) in [6.45, 7) is 1.45. The van der Waals surface area contributed by atoms with Gasteiger partial charge < -0.3 is 29.9 Å². The van der Waals surface area contributed by atoms with Crippen molar-refractivity contribution < 1.29 is 29.9 Å². The van der Waals surface area contributed by atoms with Gasteiger partial charge in [-0.2, -0.15) is 0 Å². The van der Waals surface area contributed by atoms with Crippen molar-refractivity contribution in [2.45, 2.75) is 37.6 Å². The van der Waals surface area contributed by atoms with Crippen molar-refractivity contribution in [3.8, 4) is 23.7 Å². The van der Waals surface area contributed by atoms with Crippen LogP contribution in [0.5, 0.6) is 0 Å². The van der Waals surface area contributed by atoms with Crippen LogP contribution in [0.2, 0.25) is 0 Å². The normalized spacial score (nSPS) is 31.6. The lowest BCUT2D eigenvalue weighted by Crippen LogP contribution is -2.59. The Morgan fingerprint density at radius 3 is 2.36 bits per heavy atom. The zero-order valence-electron chi connectivity index (χ0n) is 12.2. The minimum absolute atomic E-state index is 0.0830. The van der Waals surface area contributed by atoms with Gasteiger partial charge in [0.2, 0.25) is 0 Å². The van der Waals surface area contributed by atoms with Gasteiger partial charge >= 0.3 is 0 Å². The van der Waals surface area contributed by atoms with Gasteiger partial charge in [-0.15, -0.1) is 0 Å². The Labute approximate surface area is 129 Å². The second-order valence-electron chi connectivity index (χ2n) is 4.47. The van der Waals surface area contributed by atoms with Crippen LogP contribution in [0.1, 0.15) is 6.92 Å². The first-order valence-corrected chi connectivity index (χ1v) is 6.81. The number of aliphatic hydroxyl groups is 4. The van der Waals surface area contributed by atoms with Gasteiger partial charge in [0.05, 0.1) is 13.2 Å². The van der Waals surface area contributed by atoms with Crippen molar-refractivity contribution in [2.75, 3.05) is 13.2 Å². The fraction of sp³-hybridized carbons (Fsp3) is 0.500. The summed E-state index contributed by atoms with van der Waals surface area (Å²) in [5.74, 6) is 10.6. The van der Waals surface area contributed by atoms with Gasteiger partial charge in [-0.1, -0.05) is 24.0 Å². The zero-order valence-corrected chi connectivity index (χ0v) is 12.2. The summed E-state index contributed by atoms with van der Waals surface area (Å²) in [6.07, 6.45) is 0.263. The molecule has 120 valence electrons. The van der Waals surface area contributed by atoms with Crippen LogP contribution in [0.4, 0.5) is 0 Å². The maximum Gasteiger partial charge on any atom is 0.187 e. The van der Waals surface area contributed by atoms with Crippen molar-refractivity contribution >= 4 is 0 Å². The molecule has 1 saturated heterocycles. The van der Waals surface area contributed by atoms with Gasteiger partial charge in [0.15, 0.2) is 6.29 Å². The predicted octanol–water partition coefficient (Wildman–Crippen LogP) is -1.06.